The fourth-order valence-electron chi connectivity index (χ4n) is 1.25. The van der Waals surface area contributed by atoms with Gasteiger partial charge in [0.2, 0.25) is 0 Å². The molecule has 0 aliphatic carbocycles. The summed E-state index contributed by atoms with van der Waals surface area (Å²) >= 11 is 2.49. The first-order valence-corrected chi connectivity index (χ1v) is 5.75. The summed E-state index contributed by atoms with van der Waals surface area (Å²) in [6, 6.07) is 14.1. The Morgan fingerprint density at radius 1 is 0.875 bits per heavy atom. The van der Waals surface area contributed by atoms with Crippen LogP contribution < -0.4 is 4.46 Å². The van der Waals surface area contributed by atoms with E-state index in [1.54, 1.807) is 12.1 Å². The van der Waals surface area contributed by atoms with Gasteiger partial charge in [-0.2, -0.15) is 0 Å². The van der Waals surface area contributed by atoms with Gasteiger partial charge in [-0.25, -0.2) is 0 Å². The molecule has 0 amide bonds. The number of rotatable bonds is 0. The van der Waals surface area contributed by atoms with Gasteiger partial charge in [-0.15, -0.1) is 0 Å². The fourth-order valence-corrected chi connectivity index (χ4v) is 1.71. The van der Waals surface area contributed by atoms with Gasteiger partial charge in [-0.1, -0.05) is 0 Å². The van der Waals surface area contributed by atoms with E-state index < -0.39 is 0 Å². The van der Waals surface area contributed by atoms with Gasteiger partial charge >= 0.3 is 102 Å². The Hall–Kier alpha value is -1.55. The van der Waals surface area contributed by atoms with Gasteiger partial charge < -0.3 is 0 Å². The average molecular weight is 275 g/mol. The minimum atomic E-state index is -0.238. The molecule has 2 aromatic rings. The van der Waals surface area contributed by atoms with Crippen molar-refractivity contribution >= 4 is 20.5 Å². The summed E-state index contributed by atoms with van der Waals surface area (Å²) in [6.45, 7) is 0. The third-order valence-corrected chi connectivity index (χ3v) is 2.91. The van der Waals surface area contributed by atoms with E-state index in [2.05, 4.69) is 27.9 Å². The first-order valence-electron chi connectivity index (χ1n) is 4.81. The molecule has 0 heterocycles. The molecule has 2 heteroatoms. The molecule has 0 aromatic heterocycles. The fraction of sp³-hybridized carbons (Fsp3) is 0. The van der Waals surface area contributed by atoms with Crippen molar-refractivity contribution in [3.8, 4) is 11.8 Å². The van der Waals surface area contributed by atoms with E-state index >= 15 is 0 Å². The molecule has 0 bridgehead atoms. The van der Waals surface area contributed by atoms with Gasteiger partial charge in [0, 0.05) is 0 Å². The molecule has 16 heavy (non-hydrogen) atoms. The van der Waals surface area contributed by atoms with Gasteiger partial charge in [-0.3, -0.25) is 0 Å². The van der Waals surface area contributed by atoms with E-state index in [9.17, 15) is 4.39 Å². The summed E-state index contributed by atoms with van der Waals surface area (Å²) in [5, 5.41) is 0. The van der Waals surface area contributed by atoms with Crippen LogP contribution in [0, 0.1) is 17.7 Å². The second-order valence-electron chi connectivity index (χ2n) is 3.27. The van der Waals surface area contributed by atoms with Crippen molar-refractivity contribution in [3.05, 3.63) is 65.5 Å². The molecule has 0 atom stereocenters. The van der Waals surface area contributed by atoms with E-state index in [-0.39, 0.29) is 5.82 Å². The van der Waals surface area contributed by atoms with Crippen molar-refractivity contribution in [1.82, 2.24) is 0 Å². The quantitative estimate of drug-likeness (QED) is 0.507. The Balaban J connectivity index is 2.29. The van der Waals surface area contributed by atoms with Crippen molar-refractivity contribution in [1.29, 1.82) is 0 Å². The minimum absolute atomic E-state index is 0.238. The van der Waals surface area contributed by atoms with Crippen molar-refractivity contribution in [2.45, 2.75) is 0 Å². The second kappa shape index (κ2) is 4.98. The molecule has 0 saturated heterocycles. The van der Waals surface area contributed by atoms with Crippen LogP contribution >= 0.6 is 0 Å². The van der Waals surface area contributed by atoms with Gasteiger partial charge in [0.1, 0.15) is 0 Å². The Kier molecular flexibility index (Phi) is 3.41. The van der Waals surface area contributed by atoms with Crippen LogP contribution in [-0.2, 0) is 0 Å². The van der Waals surface area contributed by atoms with E-state index in [4.69, 9.17) is 0 Å². The van der Waals surface area contributed by atoms with Crippen molar-refractivity contribution in [2.75, 3.05) is 0 Å². The van der Waals surface area contributed by atoms with Crippen molar-refractivity contribution in [2.24, 2.45) is 0 Å². The topological polar surface area (TPSA) is 0 Å². The molecule has 0 fully saturated rings. The van der Waals surface area contributed by atoms with Gasteiger partial charge in [-0.05, 0) is 0 Å². The number of halogens is 1. The van der Waals surface area contributed by atoms with Gasteiger partial charge in [0.05, 0.1) is 0 Å². The third-order valence-electron chi connectivity index (χ3n) is 2.09. The second-order valence-corrected chi connectivity index (χ2v) is 4.28. The molecule has 2 rings (SSSR count). The number of hydrogen-bond acceptors (Lipinski definition) is 0. The van der Waals surface area contributed by atoms with Crippen LogP contribution in [0.2, 0.25) is 0 Å². The van der Waals surface area contributed by atoms with Crippen LogP contribution in [0.4, 0.5) is 4.39 Å². The van der Waals surface area contributed by atoms with Crippen LogP contribution in [0.3, 0.4) is 0 Å². The number of hydrogen-bond donors (Lipinski definition) is 0. The van der Waals surface area contributed by atoms with Gasteiger partial charge in [0.15, 0.2) is 0 Å². The summed E-state index contributed by atoms with van der Waals surface area (Å²) < 4.78 is 13.8. The first kappa shape index (κ1) is 11.0. The maximum atomic E-state index is 12.7. The summed E-state index contributed by atoms with van der Waals surface area (Å²) in [7, 11) is 0. The predicted molar refractivity (Wildman–Crippen MR) is 65.6 cm³/mol. The molecule has 0 aliphatic rings. The Morgan fingerprint density at radius 3 is 2.25 bits per heavy atom. The van der Waals surface area contributed by atoms with E-state index in [0.29, 0.717) is 0 Å². The van der Waals surface area contributed by atoms with Crippen LogP contribution in [0.5, 0.6) is 0 Å². The molecule has 0 unspecified atom stereocenters. The molecule has 78 valence electrons. The summed E-state index contributed by atoms with van der Waals surface area (Å²) in [5.74, 6) is 5.83. The van der Waals surface area contributed by atoms with E-state index in [1.807, 2.05) is 24.3 Å². The Morgan fingerprint density at radius 2 is 1.56 bits per heavy atom. The first-order chi connectivity index (χ1) is 7.75. The van der Waals surface area contributed by atoms with Crippen LogP contribution in [0.15, 0.2) is 48.5 Å². The Bertz CT molecular complexity index is 547. The molecular weight excluding hydrogens is 266 g/mol. The maximum absolute atomic E-state index is 12.7. The molecule has 2 aromatic carbocycles. The zero-order chi connectivity index (χ0) is 11.4. The third kappa shape index (κ3) is 2.73. The molecule has 0 radical (unpaired) electrons. The summed E-state index contributed by atoms with van der Waals surface area (Å²) in [6.07, 6.45) is 0. The zero-order valence-corrected chi connectivity index (χ0v) is 10.3. The normalized spacial score (nSPS) is 9.38. The van der Waals surface area contributed by atoms with Gasteiger partial charge in [0.25, 0.3) is 0 Å². The van der Waals surface area contributed by atoms with E-state index in [0.717, 1.165) is 15.6 Å². The summed E-state index contributed by atoms with van der Waals surface area (Å²) in [5.41, 5.74) is 1.80. The van der Waals surface area contributed by atoms with E-state index in [1.165, 1.54) is 12.1 Å². The molecule has 0 spiro atoms. The van der Waals surface area contributed by atoms with Crippen LogP contribution in [0.1, 0.15) is 11.1 Å². The predicted octanol–water partition coefficient (Wildman–Crippen LogP) is 1.75. The standard InChI is InChI=1S/C14H9FSe/c15-13-9-6-11(7-10-13)5-8-12-3-1-2-4-14(12)16/h1-4,6-7,9-10,16H. The Labute approximate surface area is 102 Å². The monoisotopic (exact) mass is 276 g/mol. The number of benzene rings is 2. The molecule has 0 saturated carbocycles. The van der Waals surface area contributed by atoms with Crippen molar-refractivity contribution in [3.63, 3.8) is 0 Å². The molecule has 0 aliphatic heterocycles. The SMILES string of the molecule is Fc1ccc(C#Cc2ccccc2[SeH])cc1. The van der Waals surface area contributed by atoms with Crippen LogP contribution in [-0.4, -0.2) is 16.0 Å². The molecular formula is C14H9FSe. The molecule has 0 N–H and O–H groups in total. The molecule has 0 nitrogen and oxygen atoms in total. The van der Waals surface area contributed by atoms with Crippen LogP contribution in [0.25, 0.3) is 0 Å². The zero-order valence-electron chi connectivity index (χ0n) is 8.44. The average Bonchev–Trinajstić information content (AvgIpc) is 2.30. The van der Waals surface area contributed by atoms with Crippen molar-refractivity contribution < 1.29 is 4.39 Å². The summed E-state index contributed by atoms with van der Waals surface area (Å²) in [4.78, 5) is 0.